The molecule has 0 fully saturated rings. The molecular formula is C64H102O5. The molecule has 5 heteroatoms. The monoisotopic (exact) mass is 951 g/mol. The highest BCUT2D eigenvalue weighted by molar-refractivity contribution is 5.70. The van der Waals surface area contributed by atoms with Gasteiger partial charge in [-0.3, -0.25) is 9.59 Å². The van der Waals surface area contributed by atoms with E-state index in [0.717, 1.165) is 116 Å². The van der Waals surface area contributed by atoms with E-state index in [2.05, 4.69) is 160 Å². The molecular weight excluding hydrogens is 849 g/mol. The number of rotatable bonds is 49. The zero-order valence-electron chi connectivity index (χ0n) is 44.3. The van der Waals surface area contributed by atoms with Crippen LogP contribution in [0.5, 0.6) is 0 Å². The van der Waals surface area contributed by atoms with E-state index < -0.39 is 6.10 Å². The number of hydrogen-bond acceptors (Lipinski definition) is 5. The number of carbonyl (C=O) groups is 2. The average molecular weight is 952 g/mol. The van der Waals surface area contributed by atoms with Gasteiger partial charge in [-0.2, -0.15) is 0 Å². The summed E-state index contributed by atoms with van der Waals surface area (Å²) in [4.78, 5) is 24.4. The molecule has 0 saturated heterocycles. The predicted molar refractivity (Wildman–Crippen MR) is 301 cm³/mol. The fourth-order valence-electron chi connectivity index (χ4n) is 7.19. The molecule has 5 nitrogen and oxygen atoms in total. The Balaban J connectivity index is 3.60. The summed E-state index contributed by atoms with van der Waals surface area (Å²) < 4.78 is 10.6. The van der Waals surface area contributed by atoms with Gasteiger partial charge in [0.1, 0.15) is 6.61 Å². The van der Waals surface area contributed by atoms with Crippen LogP contribution in [0.2, 0.25) is 0 Å². The second-order valence-corrected chi connectivity index (χ2v) is 17.9. The lowest BCUT2D eigenvalue weighted by atomic mass is 10.0. The van der Waals surface area contributed by atoms with Crippen LogP contribution in [0.4, 0.5) is 0 Å². The Morgan fingerprint density at radius 3 is 0.942 bits per heavy atom. The molecule has 0 radical (unpaired) electrons. The smallest absolute Gasteiger partial charge is 0.306 e. The third-order valence-corrected chi connectivity index (χ3v) is 11.4. The zero-order valence-corrected chi connectivity index (χ0v) is 44.3. The lowest BCUT2D eigenvalue weighted by molar-refractivity contribution is -0.161. The van der Waals surface area contributed by atoms with Crippen molar-refractivity contribution < 1.29 is 24.2 Å². The molecule has 0 rings (SSSR count). The molecule has 0 amide bonds. The van der Waals surface area contributed by atoms with Crippen molar-refractivity contribution in [1.29, 1.82) is 0 Å². The second-order valence-electron chi connectivity index (χ2n) is 17.9. The van der Waals surface area contributed by atoms with Gasteiger partial charge in [0.05, 0.1) is 6.61 Å². The minimum Gasteiger partial charge on any atom is -0.462 e. The first-order valence-corrected chi connectivity index (χ1v) is 27.9. The van der Waals surface area contributed by atoms with Gasteiger partial charge in [0, 0.05) is 12.8 Å². The number of unbranched alkanes of at least 4 members (excludes halogenated alkanes) is 17. The summed E-state index contributed by atoms with van der Waals surface area (Å²) >= 11 is 0. The van der Waals surface area contributed by atoms with Crippen molar-refractivity contribution in [2.75, 3.05) is 13.2 Å². The molecule has 0 aliphatic heterocycles. The Kier molecular flexibility index (Phi) is 54.5. The Morgan fingerprint density at radius 1 is 0.348 bits per heavy atom. The number of carbonyl (C=O) groups excluding carboxylic acids is 2. The van der Waals surface area contributed by atoms with Gasteiger partial charge >= 0.3 is 11.9 Å². The number of hydrogen-bond donors (Lipinski definition) is 1. The van der Waals surface area contributed by atoms with Gasteiger partial charge in [0.15, 0.2) is 6.10 Å². The van der Waals surface area contributed by atoms with Crippen molar-refractivity contribution >= 4 is 11.9 Å². The van der Waals surface area contributed by atoms with Crippen molar-refractivity contribution in [3.63, 3.8) is 0 Å². The molecule has 0 heterocycles. The van der Waals surface area contributed by atoms with Crippen LogP contribution in [-0.4, -0.2) is 36.4 Å². The van der Waals surface area contributed by atoms with E-state index in [-0.39, 0.29) is 25.2 Å². The molecule has 0 bridgehead atoms. The third-order valence-electron chi connectivity index (χ3n) is 11.4. The maximum atomic E-state index is 12.3. The van der Waals surface area contributed by atoms with Gasteiger partial charge in [-0.1, -0.05) is 243 Å². The Labute approximate surface area is 425 Å². The molecule has 1 unspecified atom stereocenters. The fraction of sp³-hybridized carbons (Fsp3) is 0.594. The number of esters is 2. The van der Waals surface area contributed by atoms with E-state index in [0.29, 0.717) is 12.8 Å². The molecule has 0 saturated carbocycles. The molecule has 0 aliphatic rings. The molecule has 1 atom stereocenters. The number of aliphatic hydroxyl groups is 1. The van der Waals surface area contributed by atoms with Gasteiger partial charge in [0.2, 0.25) is 0 Å². The second kappa shape index (κ2) is 58.1. The van der Waals surface area contributed by atoms with Gasteiger partial charge in [-0.05, 0) is 116 Å². The summed E-state index contributed by atoms with van der Waals surface area (Å²) in [7, 11) is 0. The summed E-state index contributed by atoms with van der Waals surface area (Å²) in [5.41, 5.74) is 0. The van der Waals surface area contributed by atoms with Gasteiger partial charge in [-0.15, -0.1) is 0 Å². The Hall–Kier alpha value is -4.22. The van der Waals surface area contributed by atoms with E-state index in [1.807, 2.05) is 0 Å². The van der Waals surface area contributed by atoms with Crippen LogP contribution in [0.25, 0.3) is 0 Å². The summed E-state index contributed by atoms with van der Waals surface area (Å²) in [5, 5.41) is 9.62. The van der Waals surface area contributed by atoms with Crippen LogP contribution in [0.3, 0.4) is 0 Å². The van der Waals surface area contributed by atoms with Crippen LogP contribution in [0.1, 0.15) is 226 Å². The van der Waals surface area contributed by atoms with E-state index in [9.17, 15) is 14.7 Å². The van der Waals surface area contributed by atoms with Crippen molar-refractivity contribution in [2.24, 2.45) is 0 Å². The minimum atomic E-state index is -0.789. The molecule has 388 valence electrons. The highest BCUT2D eigenvalue weighted by Crippen LogP contribution is 2.14. The largest absolute Gasteiger partial charge is 0.462 e. The number of allylic oxidation sites excluding steroid dienone is 24. The van der Waals surface area contributed by atoms with Crippen molar-refractivity contribution in [3.05, 3.63) is 146 Å². The Bertz CT molecular complexity index is 1490. The highest BCUT2D eigenvalue weighted by Gasteiger charge is 2.16. The lowest BCUT2D eigenvalue weighted by Gasteiger charge is -2.15. The molecule has 0 spiro atoms. The maximum Gasteiger partial charge on any atom is 0.306 e. The fourth-order valence-corrected chi connectivity index (χ4v) is 7.19. The molecule has 69 heavy (non-hydrogen) atoms. The SMILES string of the molecule is CC/C=C\C/C=C\C/C=C\C/C=C\C/C=C\C/C=C\C/C=C\C/C=C\C/C=C\C/C=C\CCCCCCCCCCCCC(=O)OC(CO)COC(=O)CCCCCCC/C=C\C/C=C\CCCC. The van der Waals surface area contributed by atoms with Gasteiger partial charge in [-0.25, -0.2) is 0 Å². The molecule has 0 aliphatic carbocycles. The van der Waals surface area contributed by atoms with Crippen LogP contribution in [-0.2, 0) is 19.1 Å². The number of ether oxygens (including phenoxy) is 2. The normalized spacial score (nSPS) is 13.4. The first-order valence-electron chi connectivity index (χ1n) is 27.9. The quantitative estimate of drug-likeness (QED) is 0.0374. The summed E-state index contributed by atoms with van der Waals surface area (Å²) in [6.07, 6.45) is 88.1. The summed E-state index contributed by atoms with van der Waals surface area (Å²) in [5.74, 6) is -0.620. The molecule has 0 aromatic heterocycles. The summed E-state index contributed by atoms with van der Waals surface area (Å²) in [6.45, 7) is 3.96. The summed E-state index contributed by atoms with van der Waals surface area (Å²) in [6, 6.07) is 0. The van der Waals surface area contributed by atoms with Crippen molar-refractivity contribution in [2.45, 2.75) is 232 Å². The van der Waals surface area contributed by atoms with Gasteiger partial charge in [0.25, 0.3) is 0 Å². The molecule has 1 N–H and O–H groups in total. The first kappa shape index (κ1) is 64.8. The van der Waals surface area contributed by atoms with E-state index in [1.165, 1.54) is 83.5 Å². The third kappa shape index (κ3) is 56.3. The molecule has 0 aromatic rings. The van der Waals surface area contributed by atoms with Crippen molar-refractivity contribution in [3.8, 4) is 0 Å². The first-order chi connectivity index (χ1) is 34.1. The van der Waals surface area contributed by atoms with Crippen LogP contribution in [0.15, 0.2) is 146 Å². The molecule has 0 aromatic carbocycles. The standard InChI is InChI=1S/C64H102O5/c1-3-5-7-9-11-13-15-17-19-20-21-22-23-24-25-26-27-28-29-30-31-32-33-34-35-36-37-38-39-40-41-42-43-44-45-47-49-51-53-55-57-59-64(67)69-62(60-65)61-68-63(66)58-56-54-52-50-48-46-18-16-14-12-10-8-6-4-2/h5,7,10-13,16-19,21-22,24-25,27-28,30-31,33-34,36-37,39-40,62,65H,3-4,6,8-9,14-15,20,23,26,29,32,35,38,41-61H2,1-2H3/b7-5-,12-10-,13-11-,18-16-,19-17-,22-21-,25-24-,28-27-,31-30-,34-33-,37-36-,40-39-. The highest BCUT2D eigenvalue weighted by atomic mass is 16.6. The van der Waals surface area contributed by atoms with Crippen LogP contribution < -0.4 is 0 Å². The van der Waals surface area contributed by atoms with Crippen LogP contribution in [0, 0.1) is 0 Å². The van der Waals surface area contributed by atoms with E-state index >= 15 is 0 Å². The average Bonchev–Trinajstić information content (AvgIpc) is 3.35. The number of aliphatic hydroxyl groups excluding tert-OH is 1. The topological polar surface area (TPSA) is 72.8 Å². The Morgan fingerprint density at radius 2 is 0.623 bits per heavy atom. The van der Waals surface area contributed by atoms with Crippen molar-refractivity contribution in [1.82, 2.24) is 0 Å². The van der Waals surface area contributed by atoms with Gasteiger partial charge < -0.3 is 14.6 Å². The van der Waals surface area contributed by atoms with E-state index in [1.54, 1.807) is 0 Å². The zero-order chi connectivity index (χ0) is 49.9. The predicted octanol–water partition coefficient (Wildman–Crippen LogP) is 19.0. The van der Waals surface area contributed by atoms with E-state index in [4.69, 9.17) is 9.47 Å². The van der Waals surface area contributed by atoms with Crippen LogP contribution >= 0.6 is 0 Å². The lowest BCUT2D eigenvalue weighted by Crippen LogP contribution is -2.28. The maximum absolute atomic E-state index is 12.3. The minimum absolute atomic E-state index is 0.0820.